The van der Waals surface area contributed by atoms with Gasteiger partial charge in [-0.15, -0.1) is 0 Å². The molecule has 5 nitrogen and oxygen atoms in total. The smallest absolute Gasteiger partial charge is 0.191 e. The minimum absolute atomic E-state index is 0.0447. The molecule has 2 N–H and O–H groups in total. The normalized spacial score (nSPS) is 25.2. The van der Waals surface area contributed by atoms with Gasteiger partial charge in [0.05, 0.1) is 5.39 Å². The summed E-state index contributed by atoms with van der Waals surface area (Å²) in [6.07, 6.45) is 3.93. The predicted molar refractivity (Wildman–Crippen MR) is 79.0 cm³/mol. The molecule has 2 aromatic rings. The van der Waals surface area contributed by atoms with Crippen LogP contribution in [-0.4, -0.2) is 28.2 Å². The third-order valence-corrected chi connectivity index (χ3v) is 4.57. The fourth-order valence-electron chi connectivity index (χ4n) is 2.92. The van der Waals surface area contributed by atoms with Crippen molar-refractivity contribution < 1.29 is 4.39 Å². The third kappa shape index (κ3) is 1.86. The number of anilines is 1. The van der Waals surface area contributed by atoms with Gasteiger partial charge in [0.15, 0.2) is 17.1 Å². The molecule has 2 aromatic heterocycles. The van der Waals surface area contributed by atoms with Crippen molar-refractivity contribution in [3.05, 3.63) is 34.4 Å². The van der Waals surface area contributed by atoms with Crippen molar-refractivity contribution in [2.75, 3.05) is 11.4 Å². The quantitative estimate of drug-likeness (QED) is 0.907. The minimum atomic E-state index is -0.452. The second-order valence-corrected chi connectivity index (χ2v) is 6.04. The van der Waals surface area contributed by atoms with E-state index in [4.69, 9.17) is 5.73 Å². The van der Waals surface area contributed by atoms with Crippen molar-refractivity contribution in [2.24, 2.45) is 5.73 Å². The molecule has 1 saturated carbocycles. The van der Waals surface area contributed by atoms with Crippen LogP contribution in [0.3, 0.4) is 0 Å². The minimum Gasteiger partial charge on any atom is -0.348 e. The molecule has 3 heterocycles. The van der Waals surface area contributed by atoms with Crippen molar-refractivity contribution in [1.82, 2.24) is 9.55 Å². The van der Waals surface area contributed by atoms with Gasteiger partial charge >= 0.3 is 0 Å². The molecule has 0 unspecified atom stereocenters. The van der Waals surface area contributed by atoms with E-state index in [9.17, 15) is 9.18 Å². The van der Waals surface area contributed by atoms with Crippen LogP contribution >= 0.6 is 0 Å². The maximum atomic E-state index is 14.3. The fraction of sp³-hybridized carbons (Fsp3) is 0.467. The predicted octanol–water partition coefficient (Wildman–Crippen LogP) is 1.41. The molecule has 2 aliphatic rings. The first-order valence-electron chi connectivity index (χ1n) is 7.30. The van der Waals surface area contributed by atoms with Crippen LogP contribution in [0.4, 0.5) is 10.2 Å². The van der Waals surface area contributed by atoms with E-state index < -0.39 is 5.82 Å². The summed E-state index contributed by atoms with van der Waals surface area (Å²) in [6, 6.07) is 3.30. The average molecular weight is 288 g/mol. The van der Waals surface area contributed by atoms with Crippen molar-refractivity contribution >= 4 is 16.9 Å². The monoisotopic (exact) mass is 288 g/mol. The van der Waals surface area contributed by atoms with E-state index in [2.05, 4.69) is 4.98 Å². The fourth-order valence-corrected chi connectivity index (χ4v) is 2.92. The molecule has 6 heteroatoms. The maximum absolute atomic E-state index is 14.3. The molecule has 1 aliphatic heterocycles. The maximum Gasteiger partial charge on any atom is 0.191 e. The summed E-state index contributed by atoms with van der Waals surface area (Å²) >= 11 is 0. The van der Waals surface area contributed by atoms with Gasteiger partial charge in [-0.25, -0.2) is 9.37 Å². The van der Waals surface area contributed by atoms with Gasteiger partial charge in [0.25, 0.3) is 0 Å². The molecular formula is C15H17FN4O. The largest absolute Gasteiger partial charge is 0.348 e. The summed E-state index contributed by atoms with van der Waals surface area (Å²) < 4.78 is 16.3. The Labute approximate surface area is 121 Å². The number of hydrogen-bond acceptors (Lipinski definition) is 4. The molecule has 0 spiro atoms. The van der Waals surface area contributed by atoms with Crippen LogP contribution in [-0.2, 0) is 0 Å². The van der Waals surface area contributed by atoms with Crippen LogP contribution < -0.4 is 16.1 Å². The standard InChI is InChI=1S/C15H17FN4O/c1-8-12(17)7-20(8)15-11(16)6-10-13(21)4-5-19(9-2-3-9)14(10)18-15/h4-6,8-9,12H,2-3,7,17H2,1H3/t8-,12+/m0/s1. The molecule has 1 aliphatic carbocycles. The third-order valence-electron chi connectivity index (χ3n) is 4.57. The van der Waals surface area contributed by atoms with E-state index >= 15 is 0 Å². The number of nitrogens with two attached hydrogens (primary N) is 1. The first kappa shape index (κ1) is 12.8. The molecule has 0 amide bonds. The summed E-state index contributed by atoms with van der Waals surface area (Å²) in [5.41, 5.74) is 6.27. The highest BCUT2D eigenvalue weighted by molar-refractivity contribution is 5.78. The number of hydrogen-bond donors (Lipinski definition) is 1. The second-order valence-electron chi connectivity index (χ2n) is 6.04. The van der Waals surface area contributed by atoms with Crippen molar-refractivity contribution in [2.45, 2.75) is 37.9 Å². The Balaban J connectivity index is 1.91. The first-order chi connectivity index (χ1) is 10.1. The lowest BCUT2D eigenvalue weighted by Crippen LogP contribution is -2.63. The number of nitrogens with zero attached hydrogens (tertiary/aromatic N) is 3. The summed E-state index contributed by atoms with van der Waals surface area (Å²) in [5, 5.41) is 0.350. The SMILES string of the molecule is C[C@H]1[C@H](N)CN1c1nc2c(cc1F)c(=O)ccn2C1CC1. The molecule has 21 heavy (non-hydrogen) atoms. The Morgan fingerprint density at radius 1 is 1.43 bits per heavy atom. The lowest BCUT2D eigenvalue weighted by atomic mass is 9.99. The van der Waals surface area contributed by atoms with Crippen LogP contribution in [0.2, 0.25) is 0 Å². The summed E-state index contributed by atoms with van der Waals surface area (Å²) in [4.78, 5) is 18.3. The van der Waals surface area contributed by atoms with Gasteiger partial charge in [0.1, 0.15) is 5.65 Å². The lowest BCUT2D eigenvalue weighted by Gasteiger charge is -2.45. The van der Waals surface area contributed by atoms with Crippen LogP contribution in [0.5, 0.6) is 0 Å². The molecular weight excluding hydrogens is 271 g/mol. The van der Waals surface area contributed by atoms with Crippen LogP contribution in [0.1, 0.15) is 25.8 Å². The number of pyridine rings is 2. The Kier molecular flexibility index (Phi) is 2.60. The molecule has 0 radical (unpaired) electrons. The van der Waals surface area contributed by atoms with Gasteiger partial charge in [-0.1, -0.05) is 0 Å². The second kappa shape index (κ2) is 4.27. The molecule has 2 fully saturated rings. The Hall–Kier alpha value is -1.95. The van der Waals surface area contributed by atoms with E-state index in [0.717, 1.165) is 12.8 Å². The molecule has 1 saturated heterocycles. The zero-order valence-corrected chi connectivity index (χ0v) is 11.8. The van der Waals surface area contributed by atoms with Crippen LogP contribution in [0.25, 0.3) is 11.0 Å². The van der Waals surface area contributed by atoms with Gasteiger partial charge in [-0.2, -0.15) is 0 Å². The molecule has 0 aromatic carbocycles. The first-order valence-corrected chi connectivity index (χ1v) is 7.30. The number of fused-ring (bicyclic) bond motifs is 1. The number of rotatable bonds is 2. The Bertz CT molecular complexity index is 783. The number of halogens is 1. The lowest BCUT2D eigenvalue weighted by molar-refractivity contribution is 0.395. The van der Waals surface area contributed by atoms with Crippen molar-refractivity contribution in [3.8, 4) is 0 Å². The van der Waals surface area contributed by atoms with Crippen LogP contribution in [0.15, 0.2) is 23.1 Å². The van der Waals surface area contributed by atoms with Gasteiger partial charge in [0, 0.05) is 36.9 Å². The van der Waals surface area contributed by atoms with Gasteiger partial charge in [-0.05, 0) is 25.8 Å². The van der Waals surface area contributed by atoms with E-state index in [-0.39, 0.29) is 17.5 Å². The van der Waals surface area contributed by atoms with Crippen molar-refractivity contribution in [1.29, 1.82) is 0 Å². The Morgan fingerprint density at radius 2 is 2.19 bits per heavy atom. The summed E-state index contributed by atoms with van der Waals surface area (Å²) in [5.74, 6) is -0.149. The molecule has 0 bridgehead atoms. The van der Waals surface area contributed by atoms with E-state index in [1.165, 1.54) is 12.1 Å². The molecule has 2 atom stereocenters. The van der Waals surface area contributed by atoms with Gasteiger partial charge < -0.3 is 15.2 Å². The Morgan fingerprint density at radius 3 is 2.81 bits per heavy atom. The van der Waals surface area contributed by atoms with Gasteiger partial charge in [-0.3, -0.25) is 4.79 Å². The average Bonchev–Trinajstić information content (AvgIpc) is 3.30. The van der Waals surface area contributed by atoms with E-state index in [0.29, 0.717) is 29.4 Å². The highest BCUT2D eigenvalue weighted by Gasteiger charge is 2.35. The highest BCUT2D eigenvalue weighted by Crippen LogP contribution is 2.37. The summed E-state index contributed by atoms with van der Waals surface area (Å²) in [7, 11) is 0. The molecule has 4 rings (SSSR count). The van der Waals surface area contributed by atoms with E-state index in [1.54, 1.807) is 6.20 Å². The van der Waals surface area contributed by atoms with Crippen molar-refractivity contribution in [3.63, 3.8) is 0 Å². The topological polar surface area (TPSA) is 64.2 Å². The molecule has 110 valence electrons. The highest BCUT2D eigenvalue weighted by atomic mass is 19.1. The number of aromatic nitrogens is 2. The zero-order valence-electron chi connectivity index (χ0n) is 11.8. The zero-order chi connectivity index (χ0) is 14.7. The van der Waals surface area contributed by atoms with Crippen LogP contribution in [0, 0.1) is 5.82 Å². The van der Waals surface area contributed by atoms with E-state index in [1.807, 2.05) is 16.4 Å². The van der Waals surface area contributed by atoms with Gasteiger partial charge in [0.2, 0.25) is 0 Å². The summed E-state index contributed by atoms with van der Waals surface area (Å²) in [6.45, 7) is 2.55.